The lowest BCUT2D eigenvalue weighted by Gasteiger charge is -2.45. The topological polar surface area (TPSA) is 209 Å². The van der Waals surface area contributed by atoms with Crippen molar-refractivity contribution < 1.29 is 37.2 Å². The van der Waals surface area contributed by atoms with E-state index in [9.17, 15) is 28.8 Å². The summed E-state index contributed by atoms with van der Waals surface area (Å²) in [5, 5.41) is 15.2. The van der Waals surface area contributed by atoms with Gasteiger partial charge in [-0.15, -0.1) is 0 Å². The lowest BCUT2D eigenvalue weighted by molar-refractivity contribution is -0.122. The number of carbonyl (C=O) groups is 6. The van der Waals surface area contributed by atoms with E-state index >= 15 is 8.42 Å². The number of nitrogens with one attached hydrogen (secondary N) is 6. The summed E-state index contributed by atoms with van der Waals surface area (Å²) in [6.45, 7) is 5.24. The Morgan fingerprint density at radius 2 is 0.811 bits per heavy atom. The number of sulfone groups is 1. The van der Waals surface area contributed by atoms with Crippen LogP contribution in [0.3, 0.4) is 0 Å². The van der Waals surface area contributed by atoms with Crippen LogP contribution >= 0.6 is 0 Å². The lowest BCUT2D eigenvalue weighted by atomic mass is 10.1. The second-order valence-electron chi connectivity index (χ2n) is 11.8. The van der Waals surface area contributed by atoms with Crippen LogP contribution in [0.25, 0.3) is 0 Å². The lowest BCUT2D eigenvalue weighted by Crippen LogP contribution is -2.73. The quantitative estimate of drug-likeness (QED) is 0.104. The van der Waals surface area contributed by atoms with Crippen molar-refractivity contribution in [1.29, 1.82) is 0 Å². The van der Waals surface area contributed by atoms with Gasteiger partial charge in [0.2, 0.25) is 33.5 Å². The smallest absolute Gasteiger partial charge is 0.254 e. The second-order valence-corrected chi connectivity index (χ2v) is 14.0. The molecule has 0 heterocycles. The third-order valence-electron chi connectivity index (χ3n) is 7.96. The highest BCUT2D eigenvalue weighted by Gasteiger charge is 2.63. The molecule has 2 unspecified atom stereocenters. The number of amides is 6. The first-order valence-corrected chi connectivity index (χ1v) is 18.0. The van der Waals surface area contributed by atoms with Crippen molar-refractivity contribution >= 4 is 56.7 Å². The molecule has 14 nitrogen and oxygen atoms in total. The minimum Gasteiger partial charge on any atom is -0.326 e. The summed E-state index contributed by atoms with van der Waals surface area (Å²) in [6, 6.07) is 26.1. The predicted octanol–water partition coefficient (Wildman–Crippen LogP) is 3.85. The van der Waals surface area contributed by atoms with Crippen molar-refractivity contribution in [3.63, 3.8) is 0 Å². The van der Waals surface area contributed by atoms with Gasteiger partial charge in [-0.3, -0.25) is 28.8 Å². The van der Waals surface area contributed by atoms with Gasteiger partial charge < -0.3 is 31.9 Å². The van der Waals surface area contributed by atoms with Gasteiger partial charge in [-0.25, -0.2) is 8.42 Å². The molecule has 2 atom stereocenters. The van der Waals surface area contributed by atoms with Gasteiger partial charge in [0.25, 0.3) is 21.8 Å². The standard InChI is InChI=1S/C38H40N6O8S/c1-5-33(47)41-37(43-35(49)27-17-9-7-10-18-27,29-21-13-15-23-31(29)39-25(3)45)53(51,52)38(42-34(48)6-2,44-36(50)28-19-11-8-12-20-28)30-22-14-16-24-32(30)40-26(4)46/h7-24H,5-6H2,1-4H3,(H,39,45)(H,40,46)(H,41,47)(H,42,48)(H,43,49)(H,44,50). The monoisotopic (exact) mass is 740 g/mol. The average Bonchev–Trinajstić information content (AvgIpc) is 3.14. The molecule has 0 saturated carbocycles. The summed E-state index contributed by atoms with van der Waals surface area (Å²) in [4.78, 5) is 74.7. The van der Waals surface area contributed by atoms with Crippen molar-refractivity contribution in [2.75, 3.05) is 10.6 Å². The zero-order chi connectivity index (χ0) is 38.8. The fourth-order valence-electron chi connectivity index (χ4n) is 5.51. The Balaban J connectivity index is 2.26. The third-order valence-corrected chi connectivity index (χ3v) is 10.4. The molecule has 4 rings (SSSR count). The van der Waals surface area contributed by atoms with E-state index in [-0.39, 0.29) is 46.5 Å². The fraction of sp³-hybridized carbons (Fsp3) is 0.211. The highest BCUT2D eigenvalue weighted by atomic mass is 32.2. The molecule has 4 aromatic rings. The van der Waals surface area contributed by atoms with Crippen LogP contribution in [0.2, 0.25) is 0 Å². The summed E-state index contributed by atoms with van der Waals surface area (Å²) in [6.07, 6.45) is -0.595. The van der Waals surface area contributed by atoms with Crippen LogP contribution in [0.4, 0.5) is 11.4 Å². The molecule has 4 aromatic carbocycles. The molecule has 0 fully saturated rings. The second kappa shape index (κ2) is 16.8. The first-order chi connectivity index (χ1) is 25.2. The SMILES string of the molecule is CCC(=O)NC(NC(=O)c1ccccc1)(c1ccccc1NC(C)=O)S(=O)(=O)C(NC(=O)CC)(NC(=O)c1ccccc1)c1ccccc1NC(C)=O. The molecule has 0 radical (unpaired) electrons. The van der Waals surface area contributed by atoms with Gasteiger partial charge in [-0.1, -0.05) is 86.6 Å². The van der Waals surface area contributed by atoms with Crippen LogP contribution in [0.1, 0.15) is 72.4 Å². The summed E-state index contributed by atoms with van der Waals surface area (Å²) >= 11 is 0. The molecule has 15 heteroatoms. The molecule has 0 aliphatic carbocycles. The summed E-state index contributed by atoms with van der Waals surface area (Å²) < 4.78 is 32.6. The minimum absolute atomic E-state index is 0.0232. The summed E-state index contributed by atoms with van der Waals surface area (Å²) in [7, 11) is -5.66. The van der Waals surface area contributed by atoms with Gasteiger partial charge in [0.15, 0.2) is 0 Å². The van der Waals surface area contributed by atoms with E-state index in [1.165, 1.54) is 125 Å². The normalized spacial score (nSPS) is 13.2. The molecule has 0 aromatic heterocycles. The highest BCUT2D eigenvalue weighted by molar-refractivity contribution is 7.93. The Kier molecular flexibility index (Phi) is 12.5. The van der Waals surface area contributed by atoms with Crippen LogP contribution in [0.15, 0.2) is 109 Å². The molecule has 6 amide bonds. The molecular weight excluding hydrogens is 701 g/mol. The van der Waals surface area contributed by atoms with Gasteiger partial charge in [-0.05, 0) is 36.4 Å². The van der Waals surface area contributed by atoms with Gasteiger partial charge in [0.05, 0.1) is 0 Å². The van der Waals surface area contributed by atoms with Crippen molar-refractivity contribution in [2.24, 2.45) is 0 Å². The maximum atomic E-state index is 16.3. The molecule has 6 N–H and O–H groups in total. The Hall–Kier alpha value is -6.35. The number of hydrogen-bond donors (Lipinski definition) is 6. The van der Waals surface area contributed by atoms with E-state index in [1.54, 1.807) is 12.1 Å². The van der Waals surface area contributed by atoms with Crippen LogP contribution in [-0.2, 0) is 39.0 Å². The number of carbonyl (C=O) groups excluding carboxylic acids is 6. The molecule has 53 heavy (non-hydrogen) atoms. The largest absolute Gasteiger partial charge is 0.326 e. The van der Waals surface area contributed by atoms with Crippen molar-refractivity contribution in [3.8, 4) is 0 Å². The van der Waals surface area contributed by atoms with Gasteiger partial charge >= 0.3 is 0 Å². The Bertz CT molecular complexity index is 1980. The molecule has 0 saturated heterocycles. The maximum Gasteiger partial charge on any atom is 0.254 e. The Labute approximate surface area is 307 Å². The van der Waals surface area contributed by atoms with Gasteiger partial charge in [0.1, 0.15) is 0 Å². The zero-order valence-electron chi connectivity index (χ0n) is 29.5. The van der Waals surface area contributed by atoms with Crippen LogP contribution in [-0.4, -0.2) is 43.9 Å². The molecule has 0 bridgehead atoms. The molecule has 0 spiro atoms. The van der Waals surface area contributed by atoms with Crippen LogP contribution in [0, 0.1) is 0 Å². The highest BCUT2D eigenvalue weighted by Crippen LogP contribution is 2.43. The Morgan fingerprint density at radius 1 is 0.491 bits per heavy atom. The first kappa shape index (κ1) is 39.4. The number of rotatable bonds is 14. The van der Waals surface area contributed by atoms with Crippen LogP contribution in [0.5, 0.6) is 0 Å². The summed E-state index contributed by atoms with van der Waals surface area (Å²) in [5.74, 6) is -5.02. The number of benzene rings is 4. The van der Waals surface area contributed by atoms with E-state index in [2.05, 4.69) is 31.9 Å². The molecule has 276 valence electrons. The van der Waals surface area contributed by atoms with Gasteiger partial charge in [-0.2, -0.15) is 0 Å². The third kappa shape index (κ3) is 8.42. The van der Waals surface area contributed by atoms with E-state index in [0.717, 1.165) is 0 Å². The van der Waals surface area contributed by atoms with E-state index in [0.29, 0.717) is 0 Å². The number of para-hydroxylation sites is 2. The van der Waals surface area contributed by atoms with Crippen molar-refractivity contribution in [1.82, 2.24) is 21.3 Å². The first-order valence-electron chi connectivity index (χ1n) is 16.6. The number of hydrogen-bond acceptors (Lipinski definition) is 8. The van der Waals surface area contributed by atoms with E-state index in [4.69, 9.17) is 0 Å². The summed E-state index contributed by atoms with van der Waals surface area (Å²) in [5.41, 5.74) is -1.05. The zero-order valence-corrected chi connectivity index (χ0v) is 30.3. The Morgan fingerprint density at radius 3 is 1.13 bits per heavy atom. The van der Waals surface area contributed by atoms with E-state index < -0.39 is 55.3 Å². The van der Waals surface area contributed by atoms with Crippen molar-refractivity contribution in [2.45, 2.75) is 50.5 Å². The molecule has 0 aliphatic heterocycles. The fourth-order valence-corrected chi connectivity index (χ4v) is 7.85. The maximum absolute atomic E-state index is 16.3. The minimum atomic E-state index is -5.66. The van der Waals surface area contributed by atoms with E-state index in [1.807, 2.05) is 0 Å². The van der Waals surface area contributed by atoms with Gasteiger partial charge in [0, 0.05) is 60.3 Å². The van der Waals surface area contributed by atoms with Crippen molar-refractivity contribution in [3.05, 3.63) is 131 Å². The average molecular weight is 741 g/mol. The number of anilines is 2. The molecular formula is C38H40N6O8S. The molecule has 0 aliphatic rings. The van der Waals surface area contributed by atoms with Crippen LogP contribution < -0.4 is 31.9 Å². The predicted molar refractivity (Wildman–Crippen MR) is 198 cm³/mol.